The average molecular weight is 300 g/mol. The van der Waals surface area contributed by atoms with Crippen LogP contribution in [0.2, 0.25) is 0 Å². The second-order valence-corrected chi connectivity index (χ2v) is 5.81. The molecule has 0 bridgehead atoms. The number of nitrogens with zero attached hydrogens (tertiary/aromatic N) is 1. The summed E-state index contributed by atoms with van der Waals surface area (Å²) in [6.07, 6.45) is 3.15. The van der Waals surface area contributed by atoms with Crippen LogP contribution in [0.5, 0.6) is 0 Å². The minimum absolute atomic E-state index is 0.151. The summed E-state index contributed by atoms with van der Waals surface area (Å²) in [6.45, 7) is 0. The zero-order valence-corrected chi connectivity index (χ0v) is 11.3. The molecule has 0 aliphatic carbocycles. The van der Waals surface area contributed by atoms with Crippen molar-refractivity contribution in [1.29, 1.82) is 0 Å². The van der Waals surface area contributed by atoms with E-state index < -0.39 is 10.8 Å². The van der Waals surface area contributed by atoms with Gasteiger partial charge in [0.25, 0.3) is 0 Å². The molecule has 1 unspecified atom stereocenters. The third-order valence-electron chi connectivity index (χ3n) is 2.43. The van der Waals surface area contributed by atoms with E-state index in [4.69, 9.17) is 0 Å². The molecule has 84 valence electrons. The van der Waals surface area contributed by atoms with Gasteiger partial charge in [-0.3, -0.25) is 9.00 Å². The lowest BCUT2D eigenvalue weighted by atomic mass is 10.2. The molecule has 1 atom stereocenters. The van der Waals surface area contributed by atoms with E-state index >= 15 is 0 Å². The molecule has 0 aliphatic rings. The highest BCUT2D eigenvalue weighted by atomic mass is 79.9. The Morgan fingerprint density at radius 1 is 1.38 bits per heavy atom. The van der Waals surface area contributed by atoms with Crippen molar-refractivity contribution in [1.82, 2.24) is 4.57 Å². The summed E-state index contributed by atoms with van der Waals surface area (Å²) < 4.78 is 14.2. The first-order valence-corrected chi connectivity index (χ1v) is 6.98. The first-order valence-electron chi connectivity index (χ1n) is 4.63. The van der Waals surface area contributed by atoms with Crippen molar-refractivity contribution in [2.75, 3.05) is 6.26 Å². The molecule has 1 aromatic heterocycles. The van der Waals surface area contributed by atoms with E-state index in [0.29, 0.717) is 10.3 Å². The Kier molecular flexibility index (Phi) is 2.99. The van der Waals surface area contributed by atoms with Crippen LogP contribution in [0.15, 0.2) is 38.6 Å². The molecule has 16 heavy (non-hydrogen) atoms. The van der Waals surface area contributed by atoms with Gasteiger partial charge in [-0.15, -0.1) is 0 Å². The molecule has 3 nitrogen and oxygen atoms in total. The highest BCUT2D eigenvalue weighted by Gasteiger charge is 2.10. The van der Waals surface area contributed by atoms with Crippen molar-refractivity contribution in [2.24, 2.45) is 7.05 Å². The first-order chi connectivity index (χ1) is 7.50. The maximum Gasteiger partial charge on any atom is 0.205 e. The first kappa shape index (κ1) is 11.5. The summed E-state index contributed by atoms with van der Waals surface area (Å²) in [5.74, 6) is 0. The normalized spacial score (nSPS) is 12.9. The Labute approximate surface area is 104 Å². The average Bonchev–Trinajstić information content (AvgIpc) is 2.22. The number of hydrogen-bond donors (Lipinski definition) is 0. The second-order valence-electron chi connectivity index (χ2n) is 3.55. The molecule has 1 aromatic carbocycles. The van der Waals surface area contributed by atoms with Crippen LogP contribution < -0.4 is 5.43 Å². The van der Waals surface area contributed by atoms with Crippen molar-refractivity contribution >= 4 is 37.6 Å². The lowest BCUT2D eigenvalue weighted by Gasteiger charge is -2.07. The van der Waals surface area contributed by atoms with Gasteiger partial charge in [-0.05, 0) is 18.2 Å². The van der Waals surface area contributed by atoms with Crippen LogP contribution >= 0.6 is 15.9 Å². The van der Waals surface area contributed by atoms with E-state index in [1.165, 1.54) is 6.26 Å². The van der Waals surface area contributed by atoms with E-state index in [2.05, 4.69) is 15.9 Å². The van der Waals surface area contributed by atoms with Crippen molar-refractivity contribution in [3.05, 3.63) is 39.1 Å². The van der Waals surface area contributed by atoms with Gasteiger partial charge in [0.1, 0.15) is 4.90 Å². The van der Waals surface area contributed by atoms with Gasteiger partial charge in [0.2, 0.25) is 5.43 Å². The summed E-state index contributed by atoms with van der Waals surface area (Å²) in [5.41, 5.74) is 0.676. The summed E-state index contributed by atoms with van der Waals surface area (Å²) in [4.78, 5) is 12.4. The summed E-state index contributed by atoms with van der Waals surface area (Å²) >= 11 is 3.36. The Morgan fingerprint density at radius 3 is 2.69 bits per heavy atom. The van der Waals surface area contributed by atoms with Crippen LogP contribution in [0.25, 0.3) is 10.9 Å². The lowest BCUT2D eigenvalue weighted by Crippen LogP contribution is -2.13. The van der Waals surface area contributed by atoms with Gasteiger partial charge in [0.15, 0.2) is 0 Å². The van der Waals surface area contributed by atoms with Gasteiger partial charge < -0.3 is 4.57 Å². The Bertz CT molecular complexity index is 648. The van der Waals surface area contributed by atoms with E-state index in [-0.39, 0.29) is 5.43 Å². The van der Waals surface area contributed by atoms with Gasteiger partial charge in [0.05, 0.1) is 16.3 Å². The predicted octanol–water partition coefficient (Wildman–Crippen LogP) is 2.04. The fourth-order valence-corrected chi connectivity index (χ4v) is 2.66. The van der Waals surface area contributed by atoms with Gasteiger partial charge in [-0.2, -0.15) is 0 Å². The summed E-state index contributed by atoms with van der Waals surface area (Å²) in [5, 5.41) is 0.596. The quantitative estimate of drug-likeness (QED) is 0.808. The smallest absolute Gasteiger partial charge is 0.205 e. The summed E-state index contributed by atoms with van der Waals surface area (Å²) in [6, 6.07) is 5.43. The largest absolute Gasteiger partial charge is 0.349 e. The molecular weight excluding hydrogens is 290 g/mol. The van der Waals surface area contributed by atoms with Crippen molar-refractivity contribution in [3.8, 4) is 0 Å². The molecule has 5 heteroatoms. The minimum Gasteiger partial charge on any atom is -0.349 e. The van der Waals surface area contributed by atoms with Gasteiger partial charge in [-0.25, -0.2) is 0 Å². The number of halogens is 1. The van der Waals surface area contributed by atoms with Crippen LogP contribution in [0.3, 0.4) is 0 Å². The predicted molar refractivity (Wildman–Crippen MR) is 69.2 cm³/mol. The third kappa shape index (κ3) is 1.85. The molecule has 0 aliphatic heterocycles. The number of hydrogen-bond acceptors (Lipinski definition) is 2. The van der Waals surface area contributed by atoms with E-state index in [1.54, 1.807) is 12.3 Å². The second kappa shape index (κ2) is 4.14. The number of pyridine rings is 1. The molecule has 1 heterocycles. The number of aryl methyl sites for hydroxylation is 1. The molecule has 0 saturated carbocycles. The fraction of sp³-hybridized carbons (Fsp3) is 0.182. The molecule has 0 amide bonds. The highest BCUT2D eigenvalue weighted by Crippen LogP contribution is 2.18. The van der Waals surface area contributed by atoms with Crippen LogP contribution in [-0.4, -0.2) is 15.0 Å². The van der Waals surface area contributed by atoms with Gasteiger partial charge >= 0.3 is 0 Å². The zero-order chi connectivity index (χ0) is 11.9. The monoisotopic (exact) mass is 299 g/mol. The maximum absolute atomic E-state index is 12.0. The standard InChI is InChI=1S/C11H10BrNO2S/c1-13-6-10(16(2)15)11(14)8-4-3-7(12)5-9(8)13/h3-6H,1-2H3. The molecule has 2 rings (SSSR count). The van der Waals surface area contributed by atoms with Crippen LogP contribution in [0, 0.1) is 0 Å². The Morgan fingerprint density at radius 2 is 2.06 bits per heavy atom. The van der Waals surface area contributed by atoms with Crippen molar-refractivity contribution < 1.29 is 4.21 Å². The van der Waals surface area contributed by atoms with E-state index in [1.807, 2.05) is 23.7 Å². The molecule has 0 saturated heterocycles. The molecular formula is C11H10BrNO2S. The van der Waals surface area contributed by atoms with E-state index in [9.17, 15) is 9.00 Å². The number of rotatable bonds is 1. The lowest BCUT2D eigenvalue weighted by molar-refractivity contribution is 0.685. The Hall–Kier alpha value is -0.940. The van der Waals surface area contributed by atoms with E-state index in [0.717, 1.165) is 9.99 Å². The van der Waals surface area contributed by atoms with Gasteiger partial charge in [-0.1, -0.05) is 15.9 Å². The minimum atomic E-state index is -1.26. The number of fused-ring (bicyclic) bond motifs is 1. The third-order valence-corrected chi connectivity index (χ3v) is 3.83. The van der Waals surface area contributed by atoms with Crippen molar-refractivity contribution in [3.63, 3.8) is 0 Å². The molecule has 0 N–H and O–H groups in total. The number of aromatic nitrogens is 1. The van der Waals surface area contributed by atoms with Gasteiger partial charge in [0, 0.05) is 29.4 Å². The molecule has 0 spiro atoms. The van der Waals surface area contributed by atoms with Crippen LogP contribution in [0.1, 0.15) is 0 Å². The van der Waals surface area contributed by atoms with Crippen LogP contribution in [-0.2, 0) is 17.8 Å². The topological polar surface area (TPSA) is 39.1 Å². The highest BCUT2D eigenvalue weighted by molar-refractivity contribution is 9.10. The molecule has 2 aromatic rings. The van der Waals surface area contributed by atoms with Crippen LogP contribution in [0.4, 0.5) is 0 Å². The van der Waals surface area contributed by atoms with Crippen molar-refractivity contribution in [2.45, 2.75) is 4.90 Å². The molecule has 0 fully saturated rings. The SMILES string of the molecule is Cn1cc(S(C)=O)c(=O)c2ccc(Br)cc21. The summed E-state index contributed by atoms with van der Waals surface area (Å²) in [7, 11) is 0.581. The maximum atomic E-state index is 12.0. The molecule has 0 radical (unpaired) electrons. The number of benzene rings is 1. The zero-order valence-electron chi connectivity index (χ0n) is 8.86. The fourth-order valence-electron chi connectivity index (χ4n) is 1.63. The Balaban J connectivity index is 2.96.